The maximum Gasteiger partial charge on any atom is 0.238 e. The van der Waals surface area contributed by atoms with E-state index in [1.165, 1.54) is 42.7 Å². The first-order valence-corrected chi connectivity index (χ1v) is 19.0. The van der Waals surface area contributed by atoms with Crippen molar-refractivity contribution in [3.05, 3.63) is 155 Å². The Morgan fingerprint density at radius 3 is 1.00 bits per heavy atom. The number of benzene rings is 4. The number of halogens is 2. The molecule has 0 atom stereocenters. The molecule has 4 aromatic carbocycles. The number of sulfone groups is 1. The highest BCUT2D eigenvalue weighted by atomic mass is 32.2. The minimum absolute atomic E-state index is 0.0956. The van der Waals surface area contributed by atoms with Crippen LogP contribution in [0, 0.1) is 22.5 Å². The Kier molecular flexibility index (Phi) is 7.77. The molecule has 8 rings (SSSR count). The Bertz CT molecular complexity index is 2090. The molecule has 48 heavy (non-hydrogen) atoms. The first kappa shape index (κ1) is 32.1. The summed E-state index contributed by atoms with van der Waals surface area (Å²) in [6.45, 7) is 0. The van der Waals surface area contributed by atoms with Crippen molar-refractivity contribution in [2.45, 2.75) is 35.5 Å². The van der Waals surface area contributed by atoms with E-state index in [0.29, 0.717) is 4.90 Å². The van der Waals surface area contributed by atoms with Crippen molar-refractivity contribution < 1.29 is 25.6 Å². The second-order valence-corrected chi connectivity index (χ2v) is 16.7. The monoisotopic (exact) mass is 681 g/mol. The van der Waals surface area contributed by atoms with Crippen molar-refractivity contribution in [3.8, 4) is 0 Å². The van der Waals surface area contributed by atoms with Crippen LogP contribution in [0.1, 0.15) is 47.9 Å². The lowest BCUT2D eigenvalue weighted by Crippen LogP contribution is -2.11. The lowest BCUT2D eigenvalue weighted by Gasteiger charge is -2.10. The summed E-state index contributed by atoms with van der Waals surface area (Å²) in [4.78, 5) is 0.414. The standard InChI is InChI=1S/C20H17FO2S.C19H16FNO2S/c1-24(22,23)17-8-4-15(5-9-17)19-13-20(10-11-20)12-18(19)14-2-6-16(21)7-3-14;20-15-5-1-13(2-6-15)17-11-19(9-10-19)12-18(17)14-3-7-16(8-4-14)24(21,22)23/h2-9,12-13H,10-11H2,1H3;1-8,11-12H,9-10H2,(H2,21,22,23). The van der Waals surface area contributed by atoms with Gasteiger partial charge in [0.1, 0.15) is 11.6 Å². The van der Waals surface area contributed by atoms with Gasteiger partial charge < -0.3 is 0 Å². The number of primary sulfonamides is 1. The zero-order chi connectivity index (χ0) is 33.9. The van der Waals surface area contributed by atoms with Gasteiger partial charge in [0.2, 0.25) is 10.0 Å². The number of allylic oxidation sites excluding steroid dienone is 8. The van der Waals surface area contributed by atoms with Crippen LogP contribution in [0.4, 0.5) is 8.78 Å². The highest BCUT2D eigenvalue weighted by molar-refractivity contribution is 7.90. The first-order chi connectivity index (χ1) is 22.7. The van der Waals surface area contributed by atoms with Gasteiger partial charge in [0, 0.05) is 17.1 Å². The predicted molar refractivity (Wildman–Crippen MR) is 185 cm³/mol. The van der Waals surface area contributed by atoms with Crippen molar-refractivity contribution in [1.29, 1.82) is 0 Å². The fraction of sp³-hybridized carbons (Fsp3) is 0.179. The number of sulfonamides is 1. The topological polar surface area (TPSA) is 94.3 Å². The second kappa shape index (κ2) is 11.6. The van der Waals surface area contributed by atoms with Crippen molar-refractivity contribution in [2.24, 2.45) is 16.0 Å². The number of rotatable bonds is 6. The summed E-state index contributed by atoms with van der Waals surface area (Å²) in [7, 11) is -6.90. The van der Waals surface area contributed by atoms with E-state index in [-0.39, 0.29) is 27.4 Å². The fourth-order valence-corrected chi connectivity index (χ4v) is 7.48. The van der Waals surface area contributed by atoms with Gasteiger partial charge in [0.15, 0.2) is 9.84 Å². The summed E-state index contributed by atoms with van der Waals surface area (Å²) in [6.07, 6.45) is 14.7. The maximum atomic E-state index is 13.2. The molecule has 0 aromatic heterocycles. The van der Waals surface area contributed by atoms with Gasteiger partial charge in [-0.15, -0.1) is 0 Å². The first-order valence-electron chi connectivity index (χ1n) is 15.6. The number of hydrogen-bond acceptors (Lipinski definition) is 4. The van der Waals surface area contributed by atoms with Crippen LogP contribution in [-0.4, -0.2) is 23.1 Å². The Morgan fingerprint density at radius 2 is 0.750 bits per heavy atom. The molecule has 0 heterocycles. The molecule has 0 bridgehead atoms. The molecular formula is C39H33F2NO4S2. The third kappa shape index (κ3) is 6.63. The molecule has 2 fully saturated rings. The third-order valence-electron chi connectivity index (χ3n) is 9.36. The van der Waals surface area contributed by atoms with E-state index in [0.717, 1.165) is 70.2 Å². The van der Waals surface area contributed by atoms with Gasteiger partial charge in [-0.2, -0.15) is 0 Å². The molecule has 4 aromatic rings. The Morgan fingerprint density at radius 1 is 0.479 bits per heavy atom. The molecule has 4 aliphatic rings. The van der Waals surface area contributed by atoms with E-state index >= 15 is 0 Å². The molecule has 0 saturated heterocycles. The summed E-state index contributed by atoms with van der Waals surface area (Å²) in [5, 5.41) is 5.16. The summed E-state index contributed by atoms with van der Waals surface area (Å²) in [6, 6.07) is 26.5. The Hall–Kier alpha value is -4.44. The lowest BCUT2D eigenvalue weighted by molar-refractivity contribution is 0.597. The Balaban J connectivity index is 0.000000152. The van der Waals surface area contributed by atoms with Gasteiger partial charge in [-0.25, -0.2) is 30.8 Å². The van der Waals surface area contributed by atoms with Gasteiger partial charge >= 0.3 is 0 Å². The van der Waals surface area contributed by atoms with Gasteiger partial charge in [-0.1, -0.05) is 72.8 Å². The van der Waals surface area contributed by atoms with Crippen LogP contribution in [0.15, 0.2) is 131 Å². The molecule has 0 amide bonds. The average Bonchev–Trinajstić information content (AvgIpc) is 3.92. The SMILES string of the molecule is CS(=O)(=O)c1ccc(C2=CC3(C=C2c2ccc(F)cc2)CC3)cc1.NS(=O)(=O)c1ccc(C2=CC3(C=C2c2ccc(F)cc2)CC3)cc1. The van der Waals surface area contributed by atoms with E-state index in [1.807, 2.05) is 12.1 Å². The summed E-state index contributed by atoms with van der Waals surface area (Å²) in [5.74, 6) is -0.511. The highest BCUT2D eigenvalue weighted by Crippen LogP contribution is 2.58. The van der Waals surface area contributed by atoms with E-state index in [4.69, 9.17) is 5.14 Å². The normalized spacial score (nSPS) is 18.4. The van der Waals surface area contributed by atoms with Gasteiger partial charge in [0.05, 0.1) is 9.79 Å². The molecule has 0 unspecified atom stereocenters. The largest absolute Gasteiger partial charge is 0.238 e. The molecule has 0 aliphatic heterocycles. The quantitative estimate of drug-likeness (QED) is 0.222. The van der Waals surface area contributed by atoms with Crippen LogP contribution >= 0.6 is 0 Å². The molecule has 4 aliphatic carbocycles. The molecule has 0 radical (unpaired) electrons. The fourth-order valence-electron chi connectivity index (χ4n) is 6.33. The third-order valence-corrected chi connectivity index (χ3v) is 11.4. The maximum absolute atomic E-state index is 13.2. The zero-order valence-corrected chi connectivity index (χ0v) is 27.8. The summed E-state index contributed by atoms with van der Waals surface area (Å²) < 4.78 is 72.5. The van der Waals surface area contributed by atoms with Crippen LogP contribution in [0.5, 0.6) is 0 Å². The molecule has 2 N–H and O–H groups in total. The van der Waals surface area contributed by atoms with Gasteiger partial charge in [-0.3, -0.25) is 0 Å². The van der Waals surface area contributed by atoms with Crippen LogP contribution in [0.3, 0.4) is 0 Å². The van der Waals surface area contributed by atoms with Crippen molar-refractivity contribution in [2.75, 3.05) is 6.26 Å². The van der Waals surface area contributed by atoms with Crippen LogP contribution in [0.2, 0.25) is 0 Å². The van der Waals surface area contributed by atoms with Crippen molar-refractivity contribution in [1.82, 2.24) is 0 Å². The lowest BCUT2D eigenvalue weighted by atomic mass is 9.95. The predicted octanol–water partition coefficient (Wildman–Crippen LogP) is 8.22. The van der Waals surface area contributed by atoms with Crippen molar-refractivity contribution in [3.63, 3.8) is 0 Å². The van der Waals surface area contributed by atoms with Crippen molar-refractivity contribution >= 4 is 42.2 Å². The summed E-state index contributed by atoms with van der Waals surface area (Å²) in [5.41, 5.74) is 8.42. The summed E-state index contributed by atoms with van der Waals surface area (Å²) >= 11 is 0. The molecule has 9 heteroatoms. The molecular weight excluding hydrogens is 649 g/mol. The van der Waals surface area contributed by atoms with E-state index in [9.17, 15) is 25.6 Å². The number of nitrogens with two attached hydrogens (primary N) is 1. The zero-order valence-electron chi connectivity index (χ0n) is 26.2. The number of hydrogen-bond donors (Lipinski definition) is 1. The van der Waals surface area contributed by atoms with Crippen LogP contribution in [0.25, 0.3) is 22.3 Å². The highest BCUT2D eigenvalue weighted by Gasteiger charge is 2.44. The van der Waals surface area contributed by atoms with Gasteiger partial charge in [-0.05, 0) is 119 Å². The molecule has 5 nitrogen and oxygen atoms in total. The molecule has 2 spiro atoms. The van der Waals surface area contributed by atoms with Gasteiger partial charge in [0.25, 0.3) is 0 Å². The van der Waals surface area contributed by atoms with Crippen LogP contribution < -0.4 is 5.14 Å². The molecule has 2 saturated carbocycles. The Labute approximate surface area is 279 Å². The van der Waals surface area contributed by atoms with Crippen LogP contribution in [-0.2, 0) is 19.9 Å². The van der Waals surface area contributed by atoms with E-state index < -0.39 is 19.9 Å². The second-order valence-electron chi connectivity index (χ2n) is 13.1. The average molecular weight is 682 g/mol. The minimum atomic E-state index is -3.70. The molecule has 244 valence electrons. The van der Waals surface area contributed by atoms with E-state index in [1.54, 1.807) is 48.5 Å². The smallest absolute Gasteiger partial charge is 0.225 e. The van der Waals surface area contributed by atoms with E-state index in [2.05, 4.69) is 24.3 Å². The minimum Gasteiger partial charge on any atom is -0.225 e.